The Morgan fingerprint density at radius 3 is 2.68 bits per heavy atom. The molecule has 1 aromatic carbocycles. The van der Waals surface area contributed by atoms with Gasteiger partial charge in [-0.25, -0.2) is 4.79 Å². The Morgan fingerprint density at radius 1 is 1.27 bits per heavy atom. The average Bonchev–Trinajstić information content (AvgIpc) is 2.93. The topological polar surface area (TPSA) is 81.4 Å². The minimum absolute atomic E-state index is 0.245. The van der Waals surface area contributed by atoms with Crippen LogP contribution in [0.1, 0.15) is 29.5 Å². The van der Waals surface area contributed by atoms with Gasteiger partial charge in [-0.2, -0.15) is 0 Å². The summed E-state index contributed by atoms with van der Waals surface area (Å²) in [4.78, 5) is 23.7. The highest BCUT2D eigenvalue weighted by molar-refractivity contribution is 5.98. The van der Waals surface area contributed by atoms with Crippen LogP contribution in [-0.2, 0) is 9.53 Å². The zero-order chi connectivity index (χ0) is 15.9. The van der Waals surface area contributed by atoms with Crippen LogP contribution in [0.15, 0.2) is 34.9 Å². The van der Waals surface area contributed by atoms with Crippen molar-refractivity contribution in [1.82, 2.24) is 10.5 Å². The van der Waals surface area contributed by atoms with Crippen LogP contribution in [0.25, 0.3) is 11.3 Å². The third kappa shape index (κ3) is 3.72. The van der Waals surface area contributed by atoms with Gasteiger partial charge in [0.1, 0.15) is 17.0 Å². The molecule has 22 heavy (non-hydrogen) atoms. The molecule has 0 saturated carbocycles. The molecule has 116 valence electrons. The number of amides is 1. The van der Waals surface area contributed by atoms with Crippen molar-refractivity contribution in [2.45, 2.75) is 20.3 Å². The van der Waals surface area contributed by atoms with E-state index in [1.807, 2.05) is 37.3 Å². The van der Waals surface area contributed by atoms with Gasteiger partial charge in [-0.1, -0.05) is 42.4 Å². The standard InChI is InChI=1S/C16H18N2O4/c1-3-9-17-13(19)10-21-16(20)14-11(2)22-18-15(14)12-7-5-4-6-8-12/h4-8H,3,9-10H2,1-2H3,(H,17,19). The summed E-state index contributed by atoms with van der Waals surface area (Å²) in [6.07, 6.45) is 0.822. The molecule has 0 radical (unpaired) electrons. The number of aryl methyl sites for hydroxylation is 1. The van der Waals surface area contributed by atoms with Crippen LogP contribution in [0.3, 0.4) is 0 Å². The first-order valence-electron chi connectivity index (χ1n) is 7.09. The number of nitrogens with one attached hydrogen (secondary N) is 1. The van der Waals surface area contributed by atoms with Gasteiger partial charge in [-0.05, 0) is 13.3 Å². The van der Waals surface area contributed by atoms with Crippen molar-refractivity contribution >= 4 is 11.9 Å². The summed E-state index contributed by atoms with van der Waals surface area (Å²) in [5.74, 6) is -0.590. The van der Waals surface area contributed by atoms with Gasteiger partial charge in [-0.15, -0.1) is 0 Å². The molecular formula is C16H18N2O4. The second-order valence-corrected chi connectivity index (χ2v) is 4.75. The number of hydrogen-bond donors (Lipinski definition) is 1. The number of benzene rings is 1. The van der Waals surface area contributed by atoms with Crippen LogP contribution in [-0.4, -0.2) is 30.2 Å². The molecule has 6 heteroatoms. The monoisotopic (exact) mass is 302 g/mol. The van der Waals surface area contributed by atoms with Crippen LogP contribution >= 0.6 is 0 Å². The Balaban J connectivity index is 2.10. The lowest BCUT2D eigenvalue weighted by atomic mass is 10.1. The number of rotatable bonds is 6. The molecular weight excluding hydrogens is 284 g/mol. The van der Waals surface area contributed by atoms with Gasteiger partial charge < -0.3 is 14.6 Å². The zero-order valence-corrected chi connectivity index (χ0v) is 12.6. The van der Waals surface area contributed by atoms with Gasteiger partial charge >= 0.3 is 5.97 Å². The second-order valence-electron chi connectivity index (χ2n) is 4.75. The van der Waals surface area contributed by atoms with Gasteiger partial charge in [0.25, 0.3) is 5.91 Å². The average molecular weight is 302 g/mol. The lowest BCUT2D eigenvalue weighted by Crippen LogP contribution is -2.29. The molecule has 1 heterocycles. The highest BCUT2D eigenvalue weighted by Crippen LogP contribution is 2.25. The van der Waals surface area contributed by atoms with Crippen molar-refractivity contribution < 1.29 is 18.8 Å². The van der Waals surface area contributed by atoms with E-state index in [1.54, 1.807) is 6.92 Å². The first-order chi connectivity index (χ1) is 10.6. The quantitative estimate of drug-likeness (QED) is 0.828. The molecule has 1 amide bonds. The maximum atomic E-state index is 12.2. The molecule has 0 atom stereocenters. The maximum Gasteiger partial charge on any atom is 0.344 e. The molecule has 6 nitrogen and oxygen atoms in total. The minimum atomic E-state index is -0.621. The van der Waals surface area contributed by atoms with E-state index in [0.29, 0.717) is 18.0 Å². The molecule has 1 N–H and O–H groups in total. The summed E-state index contributed by atoms with van der Waals surface area (Å²) >= 11 is 0. The highest BCUT2D eigenvalue weighted by Gasteiger charge is 2.23. The lowest BCUT2D eigenvalue weighted by Gasteiger charge is -2.06. The van der Waals surface area contributed by atoms with Crippen molar-refractivity contribution in [2.75, 3.05) is 13.2 Å². The van der Waals surface area contributed by atoms with E-state index in [-0.39, 0.29) is 18.1 Å². The van der Waals surface area contributed by atoms with Gasteiger partial charge in [0, 0.05) is 12.1 Å². The molecule has 0 unspecified atom stereocenters. The van der Waals surface area contributed by atoms with Crippen LogP contribution in [0, 0.1) is 6.92 Å². The number of carbonyl (C=O) groups excluding carboxylic acids is 2. The van der Waals surface area contributed by atoms with Gasteiger partial charge in [0.2, 0.25) is 0 Å². The van der Waals surface area contributed by atoms with Crippen molar-refractivity contribution in [3.63, 3.8) is 0 Å². The number of aromatic nitrogens is 1. The Morgan fingerprint density at radius 2 is 2.00 bits per heavy atom. The normalized spacial score (nSPS) is 10.3. The SMILES string of the molecule is CCCNC(=O)COC(=O)c1c(-c2ccccc2)noc1C. The molecule has 0 aliphatic carbocycles. The summed E-state index contributed by atoms with van der Waals surface area (Å²) in [5.41, 5.74) is 1.41. The van der Waals surface area contributed by atoms with E-state index in [1.165, 1.54) is 0 Å². The second kappa shape index (κ2) is 7.40. The molecule has 1 aromatic heterocycles. The van der Waals surface area contributed by atoms with E-state index in [0.717, 1.165) is 12.0 Å². The summed E-state index contributed by atoms with van der Waals surface area (Å²) in [6.45, 7) is 3.81. The fourth-order valence-electron chi connectivity index (χ4n) is 1.92. The predicted molar refractivity (Wildman–Crippen MR) is 80.3 cm³/mol. The van der Waals surface area contributed by atoms with Crippen molar-refractivity contribution in [3.05, 3.63) is 41.7 Å². The number of carbonyl (C=O) groups is 2. The van der Waals surface area contributed by atoms with Gasteiger partial charge in [0.05, 0.1) is 0 Å². The first-order valence-corrected chi connectivity index (χ1v) is 7.09. The largest absolute Gasteiger partial charge is 0.452 e. The van der Waals surface area contributed by atoms with Crippen molar-refractivity contribution in [2.24, 2.45) is 0 Å². The molecule has 0 aliphatic rings. The molecule has 0 fully saturated rings. The molecule has 0 bridgehead atoms. The first kappa shape index (κ1) is 15.8. The Hall–Kier alpha value is -2.63. The van der Waals surface area contributed by atoms with Crippen LogP contribution in [0.5, 0.6) is 0 Å². The molecule has 2 rings (SSSR count). The molecule has 0 saturated heterocycles. The molecule has 0 spiro atoms. The van der Waals surface area contributed by atoms with E-state index < -0.39 is 5.97 Å². The number of nitrogens with zero attached hydrogens (tertiary/aromatic N) is 1. The third-order valence-electron chi connectivity index (χ3n) is 3.02. The zero-order valence-electron chi connectivity index (χ0n) is 12.6. The number of esters is 1. The van der Waals surface area contributed by atoms with Crippen molar-refractivity contribution in [1.29, 1.82) is 0 Å². The van der Waals surface area contributed by atoms with Crippen LogP contribution < -0.4 is 5.32 Å². The number of hydrogen-bond acceptors (Lipinski definition) is 5. The van der Waals surface area contributed by atoms with Crippen LogP contribution in [0.2, 0.25) is 0 Å². The summed E-state index contributed by atoms with van der Waals surface area (Å²) in [5, 5.41) is 6.55. The Kier molecular flexibility index (Phi) is 5.30. The van der Waals surface area contributed by atoms with E-state index in [2.05, 4.69) is 10.5 Å². The summed E-state index contributed by atoms with van der Waals surface area (Å²) < 4.78 is 10.1. The fraction of sp³-hybridized carbons (Fsp3) is 0.312. The highest BCUT2D eigenvalue weighted by atomic mass is 16.5. The lowest BCUT2D eigenvalue weighted by molar-refractivity contribution is -0.124. The van der Waals surface area contributed by atoms with Gasteiger partial charge in [-0.3, -0.25) is 4.79 Å². The van der Waals surface area contributed by atoms with E-state index >= 15 is 0 Å². The van der Waals surface area contributed by atoms with Gasteiger partial charge in [0.15, 0.2) is 6.61 Å². The van der Waals surface area contributed by atoms with E-state index in [9.17, 15) is 9.59 Å². The predicted octanol–water partition coefficient (Wildman–Crippen LogP) is 2.33. The number of ether oxygens (including phenoxy) is 1. The summed E-state index contributed by atoms with van der Waals surface area (Å²) in [6, 6.07) is 9.19. The minimum Gasteiger partial charge on any atom is -0.452 e. The van der Waals surface area contributed by atoms with E-state index in [4.69, 9.17) is 9.26 Å². The fourth-order valence-corrected chi connectivity index (χ4v) is 1.92. The molecule has 2 aromatic rings. The third-order valence-corrected chi connectivity index (χ3v) is 3.02. The summed E-state index contributed by atoms with van der Waals surface area (Å²) in [7, 11) is 0. The van der Waals surface area contributed by atoms with Crippen molar-refractivity contribution in [3.8, 4) is 11.3 Å². The Labute approximate surface area is 128 Å². The molecule has 0 aliphatic heterocycles. The Bertz CT molecular complexity index is 649. The van der Waals surface area contributed by atoms with Crippen LogP contribution in [0.4, 0.5) is 0 Å². The smallest absolute Gasteiger partial charge is 0.344 e. The maximum absolute atomic E-state index is 12.2.